The van der Waals surface area contributed by atoms with Crippen molar-refractivity contribution in [1.82, 2.24) is 10.0 Å². The molecule has 2 fully saturated rings. The van der Waals surface area contributed by atoms with Gasteiger partial charge in [-0.25, -0.2) is 10.0 Å². The zero-order valence-corrected chi connectivity index (χ0v) is 16.1. The SMILES string of the molecule is C=CCN1C(=O)C(=Cc2ccc(N3CCOCC3)c(OC)c2)C(=O)N1CC=C. The minimum absolute atomic E-state index is 0.116. The highest BCUT2D eigenvalue weighted by molar-refractivity contribution is 6.25. The maximum Gasteiger partial charge on any atom is 0.278 e. The van der Waals surface area contributed by atoms with Crippen molar-refractivity contribution in [2.75, 3.05) is 51.4 Å². The fourth-order valence-corrected chi connectivity index (χ4v) is 3.34. The standard InChI is InChI=1S/C21H25N3O4/c1-4-8-23-20(25)17(21(26)24(23)9-5-2)14-16-6-7-18(19(15-16)27-3)22-10-12-28-13-11-22/h4-7,14-15H,1-2,8-13H2,3H3. The molecule has 1 aromatic rings. The minimum Gasteiger partial charge on any atom is -0.495 e. The van der Waals surface area contributed by atoms with E-state index in [-0.39, 0.29) is 30.5 Å². The quantitative estimate of drug-likeness (QED) is 0.409. The molecule has 28 heavy (non-hydrogen) atoms. The molecule has 0 atom stereocenters. The number of anilines is 1. The lowest BCUT2D eigenvalue weighted by Crippen LogP contribution is -2.40. The van der Waals surface area contributed by atoms with E-state index in [1.165, 1.54) is 10.0 Å². The van der Waals surface area contributed by atoms with Crippen molar-refractivity contribution in [3.05, 3.63) is 54.6 Å². The lowest BCUT2D eigenvalue weighted by atomic mass is 10.1. The van der Waals surface area contributed by atoms with Crippen molar-refractivity contribution in [3.8, 4) is 5.75 Å². The number of benzene rings is 1. The summed E-state index contributed by atoms with van der Waals surface area (Å²) in [7, 11) is 1.61. The summed E-state index contributed by atoms with van der Waals surface area (Å²) in [5, 5.41) is 2.75. The molecule has 0 saturated carbocycles. The molecule has 0 spiro atoms. The van der Waals surface area contributed by atoms with Crippen LogP contribution in [0.15, 0.2) is 49.1 Å². The van der Waals surface area contributed by atoms with Gasteiger partial charge in [0, 0.05) is 13.1 Å². The third-order valence-corrected chi connectivity index (χ3v) is 4.69. The number of nitrogens with zero attached hydrogens (tertiary/aromatic N) is 3. The van der Waals surface area contributed by atoms with Crippen molar-refractivity contribution in [1.29, 1.82) is 0 Å². The van der Waals surface area contributed by atoms with Gasteiger partial charge < -0.3 is 14.4 Å². The van der Waals surface area contributed by atoms with E-state index in [4.69, 9.17) is 9.47 Å². The van der Waals surface area contributed by atoms with Gasteiger partial charge in [-0.1, -0.05) is 18.2 Å². The van der Waals surface area contributed by atoms with Crippen LogP contribution in [0.1, 0.15) is 5.56 Å². The molecule has 7 nitrogen and oxygen atoms in total. The molecule has 2 aliphatic heterocycles. The number of rotatable bonds is 7. The average molecular weight is 383 g/mol. The van der Waals surface area contributed by atoms with Gasteiger partial charge in [-0.05, 0) is 23.8 Å². The number of hydrogen-bond acceptors (Lipinski definition) is 5. The van der Waals surface area contributed by atoms with Crippen LogP contribution in [0.3, 0.4) is 0 Å². The Kier molecular flexibility index (Phi) is 6.16. The zero-order valence-electron chi connectivity index (χ0n) is 16.1. The molecular formula is C21H25N3O4. The van der Waals surface area contributed by atoms with Gasteiger partial charge >= 0.3 is 0 Å². The third-order valence-electron chi connectivity index (χ3n) is 4.69. The van der Waals surface area contributed by atoms with E-state index in [9.17, 15) is 9.59 Å². The molecule has 0 aliphatic carbocycles. The molecule has 0 aromatic heterocycles. The van der Waals surface area contributed by atoms with E-state index in [1.54, 1.807) is 25.3 Å². The lowest BCUT2D eigenvalue weighted by Gasteiger charge is -2.30. The average Bonchev–Trinajstić information content (AvgIpc) is 2.94. The lowest BCUT2D eigenvalue weighted by molar-refractivity contribution is -0.144. The minimum atomic E-state index is -0.344. The number of methoxy groups -OCH3 is 1. The van der Waals surface area contributed by atoms with Crippen LogP contribution in [0.5, 0.6) is 5.75 Å². The smallest absolute Gasteiger partial charge is 0.278 e. The van der Waals surface area contributed by atoms with Crippen molar-refractivity contribution in [2.45, 2.75) is 0 Å². The Morgan fingerprint density at radius 3 is 2.21 bits per heavy atom. The summed E-state index contributed by atoms with van der Waals surface area (Å²) in [5.41, 5.74) is 1.81. The number of carbonyl (C=O) groups excluding carboxylic acids is 2. The van der Waals surface area contributed by atoms with E-state index in [2.05, 4.69) is 18.1 Å². The number of hydrazine groups is 1. The summed E-state index contributed by atoms with van der Waals surface area (Å²) >= 11 is 0. The summed E-state index contributed by atoms with van der Waals surface area (Å²) in [6.45, 7) is 10.8. The first kappa shape index (κ1) is 19.7. The number of morpholine rings is 1. The van der Waals surface area contributed by atoms with E-state index < -0.39 is 0 Å². The van der Waals surface area contributed by atoms with Gasteiger partial charge in [0.05, 0.1) is 39.1 Å². The normalized spacial score (nSPS) is 17.2. The number of ether oxygens (including phenoxy) is 2. The maximum absolute atomic E-state index is 12.7. The van der Waals surface area contributed by atoms with Crippen molar-refractivity contribution < 1.29 is 19.1 Å². The van der Waals surface area contributed by atoms with Crippen LogP contribution in [0, 0.1) is 0 Å². The molecule has 148 valence electrons. The summed E-state index contributed by atoms with van der Waals surface area (Å²) in [6, 6.07) is 5.67. The molecule has 0 unspecified atom stereocenters. The van der Waals surface area contributed by atoms with Crippen LogP contribution in [0.2, 0.25) is 0 Å². The molecule has 3 rings (SSSR count). The summed E-state index contributed by atoms with van der Waals surface area (Å²) in [5.74, 6) is 0.00554. The maximum atomic E-state index is 12.7. The second-order valence-electron chi connectivity index (χ2n) is 6.44. The fraction of sp³-hybridized carbons (Fsp3) is 0.333. The van der Waals surface area contributed by atoms with Gasteiger partial charge in [0.25, 0.3) is 11.8 Å². The zero-order chi connectivity index (χ0) is 20.1. The number of amides is 2. The second kappa shape index (κ2) is 8.75. The number of carbonyl (C=O) groups is 2. The second-order valence-corrected chi connectivity index (χ2v) is 6.44. The van der Waals surface area contributed by atoms with Gasteiger partial charge in [0.2, 0.25) is 0 Å². The molecule has 2 heterocycles. The molecule has 7 heteroatoms. The Bertz CT molecular complexity index is 782. The van der Waals surface area contributed by atoms with Gasteiger partial charge in [0.15, 0.2) is 0 Å². The Morgan fingerprint density at radius 2 is 1.68 bits per heavy atom. The first-order valence-electron chi connectivity index (χ1n) is 9.18. The van der Waals surface area contributed by atoms with Crippen LogP contribution in [-0.2, 0) is 14.3 Å². The highest BCUT2D eigenvalue weighted by Gasteiger charge is 2.39. The molecule has 2 amide bonds. The predicted octanol–water partition coefficient (Wildman–Crippen LogP) is 1.87. The Hall–Kier alpha value is -3.06. The van der Waals surface area contributed by atoms with Gasteiger partial charge in [-0.15, -0.1) is 13.2 Å². The Morgan fingerprint density at radius 1 is 1.07 bits per heavy atom. The first-order valence-corrected chi connectivity index (χ1v) is 9.18. The molecule has 0 radical (unpaired) electrons. The van der Waals surface area contributed by atoms with Crippen molar-refractivity contribution in [2.24, 2.45) is 0 Å². The monoisotopic (exact) mass is 383 g/mol. The fourth-order valence-electron chi connectivity index (χ4n) is 3.34. The molecular weight excluding hydrogens is 358 g/mol. The Balaban J connectivity index is 1.91. The summed E-state index contributed by atoms with van der Waals surface area (Å²) in [6.07, 6.45) is 4.78. The topological polar surface area (TPSA) is 62.3 Å². The molecule has 2 saturated heterocycles. The van der Waals surface area contributed by atoms with E-state index >= 15 is 0 Å². The summed E-state index contributed by atoms with van der Waals surface area (Å²) in [4.78, 5) is 27.6. The van der Waals surface area contributed by atoms with Crippen LogP contribution in [-0.4, -0.2) is 68.3 Å². The van der Waals surface area contributed by atoms with Crippen LogP contribution in [0.25, 0.3) is 6.08 Å². The highest BCUT2D eigenvalue weighted by atomic mass is 16.5. The van der Waals surface area contributed by atoms with Crippen LogP contribution < -0.4 is 9.64 Å². The molecule has 1 aromatic carbocycles. The largest absolute Gasteiger partial charge is 0.495 e. The number of hydrogen-bond donors (Lipinski definition) is 0. The van der Waals surface area contributed by atoms with E-state index in [0.29, 0.717) is 19.0 Å². The molecule has 2 aliphatic rings. The van der Waals surface area contributed by atoms with E-state index in [1.807, 2.05) is 18.2 Å². The summed E-state index contributed by atoms with van der Waals surface area (Å²) < 4.78 is 10.9. The van der Waals surface area contributed by atoms with Gasteiger partial charge in [-0.3, -0.25) is 9.59 Å². The van der Waals surface area contributed by atoms with Crippen molar-refractivity contribution in [3.63, 3.8) is 0 Å². The van der Waals surface area contributed by atoms with Crippen LogP contribution >= 0.6 is 0 Å². The van der Waals surface area contributed by atoms with Crippen molar-refractivity contribution >= 4 is 23.6 Å². The highest BCUT2D eigenvalue weighted by Crippen LogP contribution is 2.31. The molecule has 0 bridgehead atoms. The Labute approximate surface area is 165 Å². The molecule has 0 N–H and O–H groups in total. The third kappa shape index (κ3) is 3.80. The van der Waals surface area contributed by atoms with Crippen LogP contribution in [0.4, 0.5) is 5.69 Å². The van der Waals surface area contributed by atoms with Gasteiger partial charge in [0.1, 0.15) is 11.3 Å². The van der Waals surface area contributed by atoms with Gasteiger partial charge in [-0.2, -0.15) is 0 Å². The first-order chi connectivity index (χ1) is 13.6. The van der Waals surface area contributed by atoms with E-state index in [0.717, 1.165) is 24.3 Å². The predicted molar refractivity (Wildman–Crippen MR) is 108 cm³/mol.